The van der Waals surface area contributed by atoms with E-state index >= 15 is 0 Å². The van der Waals surface area contributed by atoms with Crippen LogP contribution in [0.15, 0.2) is 36.4 Å². The van der Waals surface area contributed by atoms with Crippen LogP contribution in [0.2, 0.25) is 0 Å². The van der Waals surface area contributed by atoms with Gasteiger partial charge in [0, 0.05) is 5.56 Å². The van der Waals surface area contributed by atoms with Gasteiger partial charge < -0.3 is 15.3 Å². The van der Waals surface area contributed by atoms with Gasteiger partial charge in [0.1, 0.15) is 17.2 Å². The van der Waals surface area contributed by atoms with E-state index in [2.05, 4.69) is 0 Å². The molecule has 0 aromatic heterocycles. The highest BCUT2D eigenvalue weighted by molar-refractivity contribution is 5.72. The SMILES string of the molecule is CC(C)c1c(O)cc(C=Cc2ccc(O)cc2)cc1O. The van der Waals surface area contributed by atoms with E-state index in [1.165, 1.54) is 0 Å². The van der Waals surface area contributed by atoms with Crippen LogP contribution in [0.25, 0.3) is 12.2 Å². The fourth-order valence-corrected chi connectivity index (χ4v) is 2.11. The predicted molar refractivity (Wildman–Crippen MR) is 80.9 cm³/mol. The van der Waals surface area contributed by atoms with Gasteiger partial charge in [-0.2, -0.15) is 0 Å². The summed E-state index contributed by atoms with van der Waals surface area (Å²) in [4.78, 5) is 0. The van der Waals surface area contributed by atoms with Crippen LogP contribution >= 0.6 is 0 Å². The summed E-state index contributed by atoms with van der Waals surface area (Å²) in [6, 6.07) is 10.0. The lowest BCUT2D eigenvalue weighted by Gasteiger charge is -2.11. The molecule has 0 fully saturated rings. The van der Waals surface area contributed by atoms with E-state index in [-0.39, 0.29) is 23.2 Å². The minimum Gasteiger partial charge on any atom is -0.508 e. The molecule has 0 heterocycles. The summed E-state index contributed by atoms with van der Waals surface area (Å²) in [6.45, 7) is 3.83. The zero-order valence-electron chi connectivity index (χ0n) is 11.5. The van der Waals surface area contributed by atoms with E-state index in [9.17, 15) is 15.3 Å². The number of aromatic hydroxyl groups is 3. The van der Waals surface area contributed by atoms with E-state index in [1.54, 1.807) is 42.5 Å². The van der Waals surface area contributed by atoms with Gasteiger partial charge in [-0.1, -0.05) is 38.1 Å². The van der Waals surface area contributed by atoms with Gasteiger partial charge in [0.05, 0.1) is 0 Å². The van der Waals surface area contributed by atoms with Crippen molar-refractivity contribution in [3.05, 3.63) is 53.1 Å². The Morgan fingerprint density at radius 2 is 1.30 bits per heavy atom. The summed E-state index contributed by atoms with van der Waals surface area (Å²) in [6.07, 6.45) is 3.65. The van der Waals surface area contributed by atoms with Gasteiger partial charge in [-0.3, -0.25) is 0 Å². The number of hydrogen-bond donors (Lipinski definition) is 3. The molecule has 0 unspecified atom stereocenters. The summed E-state index contributed by atoms with van der Waals surface area (Å²) in [5.74, 6) is 0.486. The van der Waals surface area contributed by atoms with Crippen LogP contribution in [-0.4, -0.2) is 15.3 Å². The van der Waals surface area contributed by atoms with Crippen molar-refractivity contribution < 1.29 is 15.3 Å². The maximum absolute atomic E-state index is 9.95. The van der Waals surface area contributed by atoms with Gasteiger partial charge >= 0.3 is 0 Å². The molecule has 2 aromatic carbocycles. The van der Waals surface area contributed by atoms with E-state index in [1.807, 2.05) is 19.9 Å². The van der Waals surface area contributed by atoms with Crippen LogP contribution in [-0.2, 0) is 0 Å². The lowest BCUT2D eigenvalue weighted by atomic mass is 9.98. The largest absolute Gasteiger partial charge is 0.508 e. The molecule has 0 aliphatic rings. The van der Waals surface area contributed by atoms with E-state index in [4.69, 9.17) is 0 Å². The van der Waals surface area contributed by atoms with Crippen molar-refractivity contribution in [1.29, 1.82) is 0 Å². The molecule has 0 aliphatic heterocycles. The highest BCUT2D eigenvalue weighted by Gasteiger charge is 2.12. The Morgan fingerprint density at radius 3 is 1.80 bits per heavy atom. The van der Waals surface area contributed by atoms with Gasteiger partial charge in [-0.15, -0.1) is 0 Å². The molecule has 0 spiro atoms. The molecule has 3 N–H and O–H groups in total. The summed E-state index contributed by atoms with van der Waals surface area (Å²) in [7, 11) is 0. The van der Waals surface area contributed by atoms with Crippen molar-refractivity contribution in [2.75, 3.05) is 0 Å². The van der Waals surface area contributed by atoms with Crippen LogP contribution < -0.4 is 0 Å². The Bertz CT molecular complexity index is 602. The standard InChI is InChI=1S/C17H18O3/c1-11(2)17-15(19)9-13(10-16(17)20)4-3-12-5-7-14(18)8-6-12/h3-11,18-20H,1-2H3. The highest BCUT2D eigenvalue weighted by Crippen LogP contribution is 2.35. The first-order valence-corrected chi connectivity index (χ1v) is 6.50. The second-order valence-corrected chi connectivity index (χ2v) is 5.05. The van der Waals surface area contributed by atoms with Crippen molar-refractivity contribution in [1.82, 2.24) is 0 Å². The number of benzene rings is 2. The average molecular weight is 270 g/mol. The Morgan fingerprint density at radius 1 is 0.800 bits per heavy atom. The smallest absolute Gasteiger partial charge is 0.123 e. The molecule has 3 nitrogen and oxygen atoms in total. The van der Waals surface area contributed by atoms with Crippen LogP contribution in [0.1, 0.15) is 36.5 Å². The predicted octanol–water partition coefficient (Wildman–Crippen LogP) is 4.10. The molecule has 104 valence electrons. The van der Waals surface area contributed by atoms with Gasteiger partial charge in [0.2, 0.25) is 0 Å². The second-order valence-electron chi connectivity index (χ2n) is 5.05. The minimum atomic E-state index is 0.0603. The molecular formula is C17H18O3. The number of rotatable bonds is 3. The van der Waals surface area contributed by atoms with Gasteiger partial charge in [0.15, 0.2) is 0 Å². The molecule has 3 heteroatoms. The quantitative estimate of drug-likeness (QED) is 0.736. The van der Waals surface area contributed by atoms with E-state index < -0.39 is 0 Å². The normalized spacial score (nSPS) is 11.3. The molecule has 0 aliphatic carbocycles. The Balaban J connectivity index is 2.28. The first-order chi connectivity index (χ1) is 9.47. The Labute approximate surface area is 118 Å². The fourth-order valence-electron chi connectivity index (χ4n) is 2.11. The molecule has 0 atom stereocenters. The topological polar surface area (TPSA) is 60.7 Å². The minimum absolute atomic E-state index is 0.0603. The average Bonchev–Trinajstić information content (AvgIpc) is 2.37. The van der Waals surface area contributed by atoms with Gasteiger partial charge in [-0.05, 0) is 41.3 Å². The summed E-state index contributed by atoms with van der Waals surface area (Å²) >= 11 is 0. The second kappa shape index (κ2) is 5.70. The zero-order valence-corrected chi connectivity index (χ0v) is 11.5. The van der Waals surface area contributed by atoms with Crippen molar-refractivity contribution in [3.8, 4) is 17.2 Å². The van der Waals surface area contributed by atoms with Gasteiger partial charge in [0.25, 0.3) is 0 Å². The van der Waals surface area contributed by atoms with Crippen molar-refractivity contribution in [3.63, 3.8) is 0 Å². The molecule has 0 bridgehead atoms. The number of phenols is 3. The molecule has 0 radical (unpaired) electrons. The monoisotopic (exact) mass is 270 g/mol. The van der Waals surface area contributed by atoms with Crippen LogP contribution in [0, 0.1) is 0 Å². The molecule has 2 aromatic rings. The number of hydrogen-bond acceptors (Lipinski definition) is 3. The molecule has 0 saturated heterocycles. The van der Waals surface area contributed by atoms with E-state index in [0.29, 0.717) is 5.56 Å². The van der Waals surface area contributed by atoms with E-state index in [0.717, 1.165) is 11.1 Å². The van der Waals surface area contributed by atoms with Crippen LogP contribution in [0.3, 0.4) is 0 Å². The molecule has 20 heavy (non-hydrogen) atoms. The first kappa shape index (κ1) is 14.0. The summed E-state index contributed by atoms with van der Waals surface area (Å²) < 4.78 is 0. The third-order valence-electron chi connectivity index (χ3n) is 3.10. The maximum Gasteiger partial charge on any atom is 0.123 e. The fraction of sp³-hybridized carbons (Fsp3) is 0.176. The van der Waals surface area contributed by atoms with Gasteiger partial charge in [-0.25, -0.2) is 0 Å². The zero-order chi connectivity index (χ0) is 14.7. The molecule has 0 amide bonds. The molecule has 2 rings (SSSR count). The molecule has 0 saturated carbocycles. The van der Waals surface area contributed by atoms with Crippen LogP contribution in [0.4, 0.5) is 0 Å². The van der Waals surface area contributed by atoms with Crippen LogP contribution in [0.5, 0.6) is 17.2 Å². The maximum atomic E-state index is 9.95. The highest BCUT2D eigenvalue weighted by atomic mass is 16.3. The van der Waals surface area contributed by atoms with Crippen molar-refractivity contribution >= 4 is 12.2 Å². The van der Waals surface area contributed by atoms with Crippen molar-refractivity contribution in [2.24, 2.45) is 0 Å². The summed E-state index contributed by atoms with van der Waals surface area (Å²) in [5, 5.41) is 29.1. The third-order valence-corrected chi connectivity index (χ3v) is 3.10. The Hall–Kier alpha value is -2.42. The Kier molecular flexibility index (Phi) is 3.99. The summed E-state index contributed by atoms with van der Waals surface area (Å²) in [5.41, 5.74) is 2.21. The first-order valence-electron chi connectivity index (χ1n) is 6.50. The molecular weight excluding hydrogens is 252 g/mol. The third kappa shape index (κ3) is 3.12. The van der Waals surface area contributed by atoms with Crippen molar-refractivity contribution in [2.45, 2.75) is 19.8 Å². The lowest BCUT2D eigenvalue weighted by Crippen LogP contribution is -1.90. The number of phenolic OH excluding ortho intramolecular Hbond substituents is 3. The lowest BCUT2D eigenvalue weighted by molar-refractivity contribution is 0.433.